The third-order valence-electron chi connectivity index (χ3n) is 8.28. The van der Waals surface area contributed by atoms with Crippen LogP contribution in [0.3, 0.4) is 0 Å². The fourth-order valence-electron chi connectivity index (χ4n) is 6.37. The molecule has 8 heteroatoms. The number of carbonyl (C=O) groups excluding carboxylic acids is 1. The number of methoxy groups -OCH3 is 1. The highest BCUT2D eigenvalue weighted by molar-refractivity contribution is 5.96. The number of imidazole rings is 1. The van der Waals surface area contributed by atoms with Gasteiger partial charge in [-0.2, -0.15) is 0 Å². The molecule has 0 spiro atoms. The Hall–Kier alpha value is -3.91. The van der Waals surface area contributed by atoms with E-state index >= 15 is 0 Å². The Bertz CT molecular complexity index is 1550. The molecule has 1 fully saturated rings. The number of carboxylic acid groups (broad SMARTS) is 1. The van der Waals surface area contributed by atoms with Crippen molar-refractivity contribution >= 4 is 39.6 Å². The van der Waals surface area contributed by atoms with Gasteiger partial charge in [-0.3, -0.25) is 9.69 Å². The second-order valence-electron chi connectivity index (χ2n) is 10.6. The van der Waals surface area contributed by atoms with E-state index < -0.39 is 11.9 Å². The van der Waals surface area contributed by atoms with Crippen LogP contribution in [0.5, 0.6) is 0 Å². The molecule has 2 aliphatic rings. The third-order valence-corrected chi connectivity index (χ3v) is 8.28. The zero-order chi connectivity index (χ0) is 27.1. The molecule has 1 N–H and O–H groups in total. The molecule has 3 atom stereocenters. The Morgan fingerprint density at radius 3 is 2.72 bits per heavy atom. The van der Waals surface area contributed by atoms with E-state index in [9.17, 15) is 14.7 Å². The number of ether oxygens (including phenoxy) is 2. The molecule has 2 aliphatic heterocycles. The van der Waals surface area contributed by atoms with Crippen molar-refractivity contribution in [3.8, 4) is 0 Å². The minimum absolute atomic E-state index is 0.0125. The number of aromatic nitrogens is 2. The molecule has 3 aromatic carbocycles. The van der Waals surface area contributed by atoms with Gasteiger partial charge in [-0.05, 0) is 61.1 Å². The number of carboxylic acids is 1. The van der Waals surface area contributed by atoms with Crippen LogP contribution in [0.2, 0.25) is 0 Å². The number of benzene rings is 3. The molecule has 3 heterocycles. The van der Waals surface area contributed by atoms with Gasteiger partial charge in [0.05, 0.1) is 42.4 Å². The molecule has 4 aromatic rings. The number of hydrogen-bond acceptors (Lipinski definition) is 5. The Labute approximate surface area is 227 Å². The van der Waals surface area contributed by atoms with Crippen LogP contribution in [-0.2, 0) is 27.1 Å². The number of nitrogens with zero attached hydrogens (tertiary/aromatic N) is 3. The fraction of sp³-hybridized carbons (Fsp3) is 0.387. The minimum Gasteiger partial charge on any atom is -0.481 e. The summed E-state index contributed by atoms with van der Waals surface area (Å²) in [5.41, 5.74) is 4.39. The highest BCUT2D eigenvalue weighted by atomic mass is 16.5. The second kappa shape index (κ2) is 10.3. The maximum Gasteiger partial charge on any atom is 0.414 e. The number of anilines is 1. The first-order valence-electron chi connectivity index (χ1n) is 13.7. The summed E-state index contributed by atoms with van der Waals surface area (Å²) in [5.74, 6) is -0.909. The van der Waals surface area contributed by atoms with E-state index in [1.54, 1.807) is 4.90 Å². The number of rotatable bonds is 5. The molecule has 0 bridgehead atoms. The monoisotopic (exact) mass is 527 g/mol. The van der Waals surface area contributed by atoms with Crippen molar-refractivity contribution in [1.29, 1.82) is 0 Å². The van der Waals surface area contributed by atoms with Gasteiger partial charge in [0.15, 0.2) is 0 Å². The number of aryl methyl sites for hydroxylation is 1. The second-order valence-corrected chi connectivity index (χ2v) is 10.6. The highest BCUT2D eigenvalue weighted by Gasteiger charge is 2.33. The molecule has 1 aromatic heterocycles. The van der Waals surface area contributed by atoms with Gasteiger partial charge in [0.25, 0.3) is 0 Å². The normalized spacial score (nSPS) is 20.1. The van der Waals surface area contributed by atoms with Gasteiger partial charge in [-0.1, -0.05) is 42.5 Å². The SMILES string of the molecule is COC(=O)N1c2ccc3c(nc(CC(C(=O)O)c4cccc5ccccc45)n3C3CCCOC3)c2CC[C@@H]1C. The van der Waals surface area contributed by atoms with E-state index in [0.717, 1.165) is 76.7 Å². The predicted molar refractivity (Wildman–Crippen MR) is 150 cm³/mol. The summed E-state index contributed by atoms with van der Waals surface area (Å²) in [4.78, 5) is 32.3. The van der Waals surface area contributed by atoms with Crippen LogP contribution in [0.15, 0.2) is 54.6 Å². The first kappa shape index (κ1) is 25.4. The van der Waals surface area contributed by atoms with E-state index in [4.69, 9.17) is 14.5 Å². The van der Waals surface area contributed by atoms with Crippen LogP contribution in [-0.4, -0.2) is 53.1 Å². The van der Waals surface area contributed by atoms with Crippen molar-refractivity contribution in [1.82, 2.24) is 9.55 Å². The highest BCUT2D eigenvalue weighted by Crippen LogP contribution is 2.39. The summed E-state index contributed by atoms with van der Waals surface area (Å²) >= 11 is 0. The molecule has 1 saturated heterocycles. The number of amides is 1. The van der Waals surface area contributed by atoms with Crippen LogP contribution in [0.1, 0.15) is 55.1 Å². The molecule has 0 aliphatic carbocycles. The largest absolute Gasteiger partial charge is 0.481 e. The number of aliphatic carboxylic acids is 1. The maximum absolute atomic E-state index is 12.8. The van der Waals surface area contributed by atoms with Crippen LogP contribution < -0.4 is 4.90 Å². The first-order valence-corrected chi connectivity index (χ1v) is 13.7. The maximum atomic E-state index is 12.8. The molecule has 202 valence electrons. The molecule has 0 saturated carbocycles. The quantitative estimate of drug-likeness (QED) is 0.349. The Morgan fingerprint density at radius 2 is 1.95 bits per heavy atom. The summed E-state index contributed by atoms with van der Waals surface area (Å²) in [6, 6.07) is 17.8. The standard InChI is InChI=1S/C31H33N3O5/c1-19-12-13-24-26(33(19)31(37)38-2)14-15-27-29(24)32-28(34(27)21-9-6-16-39-18-21)17-25(30(35)36)23-11-5-8-20-7-3-4-10-22(20)23/h3-5,7-8,10-11,14-15,19,21,25H,6,9,12-13,16-18H2,1-2H3,(H,35,36)/t19-,21?,25?/m0/s1. The molecule has 8 nitrogen and oxygen atoms in total. The number of carbonyl (C=O) groups is 2. The van der Waals surface area contributed by atoms with E-state index in [1.807, 2.05) is 61.5 Å². The van der Waals surface area contributed by atoms with Gasteiger partial charge >= 0.3 is 12.1 Å². The summed E-state index contributed by atoms with van der Waals surface area (Å²) in [6.45, 7) is 3.32. The smallest absolute Gasteiger partial charge is 0.414 e. The van der Waals surface area contributed by atoms with Crippen molar-refractivity contribution in [3.63, 3.8) is 0 Å². The van der Waals surface area contributed by atoms with Gasteiger partial charge in [0.2, 0.25) is 0 Å². The van der Waals surface area contributed by atoms with E-state index in [-0.39, 0.29) is 24.6 Å². The van der Waals surface area contributed by atoms with E-state index in [1.165, 1.54) is 7.11 Å². The lowest BCUT2D eigenvalue weighted by molar-refractivity contribution is -0.138. The Morgan fingerprint density at radius 1 is 1.13 bits per heavy atom. The minimum atomic E-state index is -0.877. The summed E-state index contributed by atoms with van der Waals surface area (Å²) in [6.07, 6.45) is 3.32. The molecule has 6 rings (SSSR count). The van der Waals surface area contributed by atoms with Gasteiger partial charge in [0, 0.05) is 24.6 Å². The van der Waals surface area contributed by atoms with Crippen LogP contribution in [0.25, 0.3) is 21.8 Å². The van der Waals surface area contributed by atoms with Crippen molar-refractivity contribution in [2.24, 2.45) is 0 Å². The predicted octanol–water partition coefficient (Wildman–Crippen LogP) is 5.86. The van der Waals surface area contributed by atoms with E-state index in [2.05, 4.69) is 4.57 Å². The zero-order valence-electron chi connectivity index (χ0n) is 22.3. The van der Waals surface area contributed by atoms with Gasteiger partial charge in [-0.15, -0.1) is 0 Å². The van der Waals surface area contributed by atoms with Crippen LogP contribution in [0.4, 0.5) is 10.5 Å². The number of fused-ring (bicyclic) bond motifs is 4. The molecular formula is C31H33N3O5. The average Bonchev–Trinajstić information content (AvgIpc) is 3.34. The molecule has 1 amide bonds. The Balaban J connectivity index is 1.51. The van der Waals surface area contributed by atoms with Gasteiger partial charge in [-0.25, -0.2) is 9.78 Å². The third kappa shape index (κ3) is 4.42. The van der Waals surface area contributed by atoms with Crippen LogP contribution >= 0.6 is 0 Å². The first-order chi connectivity index (χ1) is 19.0. The lowest BCUT2D eigenvalue weighted by Crippen LogP contribution is -2.42. The molecule has 2 unspecified atom stereocenters. The summed E-state index contributed by atoms with van der Waals surface area (Å²) in [7, 11) is 1.40. The Kier molecular flexibility index (Phi) is 6.73. The van der Waals surface area contributed by atoms with Gasteiger partial charge < -0.3 is 19.1 Å². The van der Waals surface area contributed by atoms with Crippen LogP contribution in [0, 0.1) is 0 Å². The number of hydrogen-bond donors (Lipinski definition) is 1. The van der Waals surface area contributed by atoms with E-state index in [0.29, 0.717) is 6.61 Å². The zero-order valence-corrected chi connectivity index (χ0v) is 22.3. The van der Waals surface area contributed by atoms with Crippen molar-refractivity contribution in [2.45, 2.75) is 57.0 Å². The van der Waals surface area contributed by atoms with Crippen molar-refractivity contribution in [3.05, 3.63) is 71.5 Å². The summed E-state index contributed by atoms with van der Waals surface area (Å²) < 4.78 is 13.2. The fourth-order valence-corrected chi connectivity index (χ4v) is 6.37. The average molecular weight is 528 g/mol. The molecule has 39 heavy (non-hydrogen) atoms. The summed E-state index contributed by atoms with van der Waals surface area (Å²) in [5, 5.41) is 12.4. The van der Waals surface area contributed by atoms with Gasteiger partial charge in [0.1, 0.15) is 5.82 Å². The lowest BCUT2D eigenvalue weighted by Gasteiger charge is -2.34. The lowest BCUT2D eigenvalue weighted by atomic mass is 9.90. The van der Waals surface area contributed by atoms with Crippen molar-refractivity contribution in [2.75, 3.05) is 25.2 Å². The van der Waals surface area contributed by atoms with Crippen molar-refractivity contribution < 1.29 is 24.2 Å². The molecular weight excluding hydrogens is 494 g/mol. The molecule has 0 radical (unpaired) electrons. The topological polar surface area (TPSA) is 93.9 Å².